The minimum absolute atomic E-state index is 0.0853. The fourth-order valence-corrected chi connectivity index (χ4v) is 1.99. The fraction of sp³-hybridized carbons (Fsp3) is 0.154. The third-order valence-corrected chi connectivity index (χ3v) is 3.00. The molecule has 120 valence electrons. The third kappa shape index (κ3) is 3.16. The summed E-state index contributed by atoms with van der Waals surface area (Å²) in [7, 11) is 1.21. The Hall–Kier alpha value is -3.27. The van der Waals surface area contributed by atoms with Crippen molar-refractivity contribution in [3.05, 3.63) is 52.1 Å². The predicted octanol–water partition coefficient (Wildman–Crippen LogP) is 0.651. The lowest BCUT2D eigenvalue weighted by Crippen LogP contribution is -2.25. The van der Waals surface area contributed by atoms with E-state index in [1.54, 1.807) is 0 Å². The number of carbonyl (C=O) groups is 2. The second-order valence-electron chi connectivity index (χ2n) is 4.45. The molecule has 2 rings (SSSR count). The number of nitro benzene ring substituents is 1. The molecule has 1 amide bonds. The lowest BCUT2D eigenvalue weighted by Gasteiger charge is -2.13. The number of ether oxygens (including phenoxy) is 1. The highest BCUT2D eigenvalue weighted by Gasteiger charge is 2.26. The van der Waals surface area contributed by atoms with E-state index in [9.17, 15) is 19.7 Å². The number of nitrogens with zero attached hydrogens (tertiary/aromatic N) is 3. The van der Waals surface area contributed by atoms with E-state index in [2.05, 4.69) is 4.98 Å². The molecule has 0 aliphatic carbocycles. The molecular weight excluding hydrogens is 308 g/mol. The maximum Gasteiger partial charge on any atom is 0.356 e. The Morgan fingerprint density at radius 3 is 2.70 bits per heavy atom. The molecule has 1 aromatic carbocycles. The van der Waals surface area contributed by atoms with Crippen LogP contribution in [0, 0.1) is 10.1 Å². The van der Waals surface area contributed by atoms with Gasteiger partial charge in [0.05, 0.1) is 10.6 Å². The van der Waals surface area contributed by atoms with Crippen LogP contribution in [0.2, 0.25) is 0 Å². The smallest absolute Gasteiger partial charge is 0.356 e. The van der Waals surface area contributed by atoms with Crippen LogP contribution in [0.3, 0.4) is 0 Å². The largest absolute Gasteiger partial charge is 0.476 e. The Morgan fingerprint density at radius 1 is 1.48 bits per heavy atom. The molecule has 2 aromatic rings. The number of nitrogens with two attached hydrogens (primary N) is 1. The van der Waals surface area contributed by atoms with Gasteiger partial charge in [0.25, 0.3) is 11.6 Å². The van der Waals surface area contributed by atoms with Gasteiger partial charge in [-0.1, -0.05) is 6.07 Å². The normalized spacial score (nSPS) is 11.9. The number of amides is 1. The number of hydrogen-bond donors (Lipinski definition) is 2. The molecule has 0 bridgehead atoms. The van der Waals surface area contributed by atoms with Crippen molar-refractivity contribution in [2.75, 3.05) is 7.11 Å². The van der Waals surface area contributed by atoms with E-state index in [0.717, 1.165) is 6.20 Å². The summed E-state index contributed by atoms with van der Waals surface area (Å²) in [5, 5.41) is 19.9. The number of benzene rings is 1. The Bertz CT molecular complexity index is 785. The van der Waals surface area contributed by atoms with Crippen molar-refractivity contribution < 1.29 is 24.4 Å². The highest BCUT2D eigenvalue weighted by Crippen LogP contribution is 2.23. The molecule has 0 aliphatic heterocycles. The molecule has 10 nitrogen and oxygen atoms in total. The van der Waals surface area contributed by atoms with E-state index in [1.807, 2.05) is 0 Å². The van der Waals surface area contributed by atoms with Crippen LogP contribution < -0.4 is 5.73 Å². The van der Waals surface area contributed by atoms with Gasteiger partial charge in [0.15, 0.2) is 17.6 Å². The number of nitro groups is 1. The number of rotatable bonds is 6. The monoisotopic (exact) mass is 320 g/mol. The van der Waals surface area contributed by atoms with Gasteiger partial charge < -0.3 is 15.6 Å². The molecule has 1 heterocycles. The van der Waals surface area contributed by atoms with Crippen molar-refractivity contribution >= 4 is 17.6 Å². The van der Waals surface area contributed by atoms with Crippen LogP contribution in [0.15, 0.2) is 30.5 Å². The maximum atomic E-state index is 11.5. The molecule has 0 saturated carbocycles. The Kier molecular flexibility index (Phi) is 4.37. The van der Waals surface area contributed by atoms with Gasteiger partial charge in [0.1, 0.15) is 0 Å². The molecule has 0 radical (unpaired) electrons. The van der Waals surface area contributed by atoms with Gasteiger partial charge in [0, 0.05) is 25.4 Å². The molecule has 1 aromatic heterocycles. The quantitative estimate of drug-likeness (QED) is 0.585. The lowest BCUT2D eigenvalue weighted by molar-refractivity contribution is -0.384. The first-order valence-electron chi connectivity index (χ1n) is 6.24. The van der Waals surface area contributed by atoms with Crippen LogP contribution in [0.4, 0.5) is 5.69 Å². The lowest BCUT2D eigenvalue weighted by atomic mass is 10.2. The second-order valence-corrected chi connectivity index (χ2v) is 4.45. The number of methoxy groups -OCH3 is 1. The summed E-state index contributed by atoms with van der Waals surface area (Å²) in [6.07, 6.45) is -0.173. The molecular formula is C13H12N4O6. The molecule has 0 spiro atoms. The first kappa shape index (κ1) is 16.1. The van der Waals surface area contributed by atoms with Crippen LogP contribution in [-0.2, 0) is 9.53 Å². The van der Waals surface area contributed by atoms with Crippen LogP contribution >= 0.6 is 0 Å². The number of imidazole rings is 1. The van der Waals surface area contributed by atoms with Crippen molar-refractivity contribution in [1.29, 1.82) is 0 Å². The number of carboxylic acids is 1. The van der Waals surface area contributed by atoms with Gasteiger partial charge >= 0.3 is 5.97 Å². The summed E-state index contributed by atoms with van der Waals surface area (Å²) in [4.78, 5) is 36.7. The van der Waals surface area contributed by atoms with Gasteiger partial charge in [-0.2, -0.15) is 0 Å². The number of carboxylic acid groups (broad SMARTS) is 1. The first-order valence-corrected chi connectivity index (χ1v) is 6.24. The highest BCUT2D eigenvalue weighted by atomic mass is 16.6. The van der Waals surface area contributed by atoms with E-state index in [1.165, 1.54) is 35.9 Å². The molecule has 3 N–H and O–H groups in total. The fourth-order valence-electron chi connectivity index (χ4n) is 1.99. The zero-order valence-electron chi connectivity index (χ0n) is 11.9. The number of aromatic carboxylic acids is 1. The molecule has 1 unspecified atom stereocenters. The molecule has 23 heavy (non-hydrogen) atoms. The van der Waals surface area contributed by atoms with Gasteiger partial charge in [0.2, 0.25) is 0 Å². The number of aromatic nitrogens is 2. The van der Waals surface area contributed by atoms with E-state index in [4.69, 9.17) is 15.6 Å². The average Bonchev–Trinajstić information content (AvgIpc) is 2.93. The topological polar surface area (TPSA) is 151 Å². The minimum Gasteiger partial charge on any atom is -0.476 e. The molecule has 10 heteroatoms. The maximum absolute atomic E-state index is 11.5. The summed E-state index contributed by atoms with van der Waals surface area (Å²) in [5.74, 6) is -2.28. The van der Waals surface area contributed by atoms with Crippen molar-refractivity contribution in [1.82, 2.24) is 9.55 Å². The Labute approximate surface area is 129 Å². The summed E-state index contributed by atoms with van der Waals surface area (Å²) in [6.45, 7) is 0. The Morgan fingerprint density at radius 2 is 2.17 bits per heavy atom. The summed E-state index contributed by atoms with van der Waals surface area (Å²) in [6, 6.07) is 5.41. The zero-order valence-corrected chi connectivity index (χ0v) is 11.9. The summed E-state index contributed by atoms with van der Waals surface area (Å²) in [5.41, 5.74) is 4.91. The van der Waals surface area contributed by atoms with Crippen LogP contribution in [0.1, 0.15) is 22.4 Å². The summed E-state index contributed by atoms with van der Waals surface area (Å²) >= 11 is 0. The van der Waals surface area contributed by atoms with Crippen molar-refractivity contribution in [2.45, 2.75) is 6.10 Å². The van der Waals surface area contributed by atoms with Crippen LogP contribution in [-0.4, -0.2) is 38.6 Å². The SMILES string of the molecule is COC(C(N)=O)c1nc(C(=O)O)cn1-c1cccc([N+](=O)[O-])c1. The summed E-state index contributed by atoms with van der Waals surface area (Å²) < 4.78 is 6.16. The minimum atomic E-state index is -1.32. The van der Waals surface area contributed by atoms with E-state index in [-0.39, 0.29) is 22.9 Å². The van der Waals surface area contributed by atoms with E-state index < -0.39 is 22.9 Å². The second kappa shape index (κ2) is 6.23. The van der Waals surface area contributed by atoms with Crippen LogP contribution in [0.5, 0.6) is 0 Å². The number of carbonyl (C=O) groups excluding carboxylic acids is 1. The van der Waals surface area contributed by atoms with Crippen molar-refractivity contribution in [3.8, 4) is 5.69 Å². The highest BCUT2D eigenvalue weighted by molar-refractivity contribution is 5.86. The number of primary amides is 1. The van der Waals surface area contributed by atoms with Gasteiger partial charge in [-0.05, 0) is 6.07 Å². The van der Waals surface area contributed by atoms with Crippen molar-refractivity contribution in [3.63, 3.8) is 0 Å². The van der Waals surface area contributed by atoms with Crippen molar-refractivity contribution in [2.24, 2.45) is 5.73 Å². The van der Waals surface area contributed by atoms with E-state index in [0.29, 0.717) is 0 Å². The Balaban J connectivity index is 2.65. The van der Waals surface area contributed by atoms with E-state index >= 15 is 0 Å². The number of hydrogen-bond acceptors (Lipinski definition) is 6. The number of non-ortho nitro benzene ring substituents is 1. The standard InChI is InChI=1S/C13H12N4O6/c1-23-10(11(14)18)12-15-9(13(19)20)6-16(12)7-3-2-4-8(5-7)17(21)22/h2-6,10H,1H3,(H2,14,18)(H,19,20). The van der Waals surface area contributed by atoms with Gasteiger partial charge in [-0.3, -0.25) is 19.5 Å². The van der Waals surface area contributed by atoms with Crippen LogP contribution in [0.25, 0.3) is 5.69 Å². The average molecular weight is 320 g/mol. The predicted molar refractivity (Wildman–Crippen MR) is 76.1 cm³/mol. The molecule has 0 saturated heterocycles. The van der Waals surface area contributed by atoms with Gasteiger partial charge in [-0.15, -0.1) is 0 Å². The zero-order chi connectivity index (χ0) is 17.1. The molecule has 1 atom stereocenters. The van der Waals surface area contributed by atoms with Gasteiger partial charge in [-0.25, -0.2) is 9.78 Å². The first-order chi connectivity index (χ1) is 10.8. The molecule has 0 fully saturated rings. The third-order valence-electron chi connectivity index (χ3n) is 3.00. The molecule has 0 aliphatic rings.